The molecule has 0 aliphatic heterocycles. The van der Waals surface area contributed by atoms with E-state index in [2.05, 4.69) is 26.3 Å². The lowest BCUT2D eigenvalue weighted by molar-refractivity contribution is 1.26. The van der Waals surface area contributed by atoms with Crippen LogP contribution in [0.1, 0.15) is 5.56 Å². The zero-order valence-electron chi connectivity index (χ0n) is 10.2. The van der Waals surface area contributed by atoms with Crippen molar-refractivity contribution < 1.29 is 0 Å². The third kappa shape index (κ3) is 2.37. The van der Waals surface area contributed by atoms with E-state index in [4.69, 9.17) is 16.9 Å². The Labute approximate surface area is 119 Å². The summed E-state index contributed by atoms with van der Waals surface area (Å²) in [5.41, 5.74) is 2.55. The summed E-state index contributed by atoms with van der Waals surface area (Å²) in [6.45, 7) is 0. The van der Waals surface area contributed by atoms with Crippen molar-refractivity contribution in [3.05, 3.63) is 53.4 Å². The fraction of sp³-hybridized carbons (Fsp3) is 0. The van der Waals surface area contributed by atoms with Crippen molar-refractivity contribution in [2.75, 3.05) is 5.32 Å². The highest BCUT2D eigenvalue weighted by atomic mass is 35.5. The summed E-state index contributed by atoms with van der Waals surface area (Å²) in [6.07, 6.45) is 3.35. The Balaban J connectivity index is 2.05. The summed E-state index contributed by atoms with van der Waals surface area (Å²) < 4.78 is 0. The van der Waals surface area contributed by atoms with E-state index >= 15 is 0 Å². The van der Waals surface area contributed by atoms with Crippen LogP contribution < -0.4 is 5.32 Å². The van der Waals surface area contributed by atoms with Gasteiger partial charge in [0.15, 0.2) is 11.0 Å². The first-order chi connectivity index (χ1) is 9.76. The summed E-state index contributed by atoms with van der Waals surface area (Å²) in [5, 5.41) is 12.2. The van der Waals surface area contributed by atoms with Gasteiger partial charge < -0.3 is 5.32 Å². The topological polar surface area (TPSA) is 74.5 Å². The van der Waals surface area contributed by atoms with E-state index in [1.165, 1.54) is 0 Å². The number of benzene rings is 1. The number of nitrogens with one attached hydrogen (secondary N) is 1. The van der Waals surface area contributed by atoms with E-state index in [0.29, 0.717) is 22.4 Å². The Kier molecular flexibility index (Phi) is 3.15. The molecule has 20 heavy (non-hydrogen) atoms. The normalized spacial score (nSPS) is 10.2. The monoisotopic (exact) mass is 281 g/mol. The van der Waals surface area contributed by atoms with Crippen LogP contribution >= 0.6 is 11.6 Å². The highest BCUT2D eigenvalue weighted by Crippen LogP contribution is 2.24. The molecule has 5 nitrogen and oxygen atoms in total. The van der Waals surface area contributed by atoms with E-state index in [-0.39, 0.29) is 5.15 Å². The van der Waals surface area contributed by atoms with Gasteiger partial charge in [0.05, 0.1) is 34.6 Å². The molecule has 3 aromatic rings. The molecule has 0 unspecified atom stereocenters. The van der Waals surface area contributed by atoms with Gasteiger partial charge in [0, 0.05) is 6.20 Å². The summed E-state index contributed by atoms with van der Waals surface area (Å²) >= 11 is 6.11. The highest BCUT2D eigenvalue weighted by Gasteiger charge is 2.08. The van der Waals surface area contributed by atoms with Crippen LogP contribution in [0.15, 0.2) is 42.7 Å². The first-order valence-electron chi connectivity index (χ1n) is 5.81. The highest BCUT2D eigenvalue weighted by molar-refractivity contribution is 6.32. The second-order valence-corrected chi connectivity index (χ2v) is 4.40. The van der Waals surface area contributed by atoms with Crippen molar-refractivity contribution in [1.29, 1.82) is 5.26 Å². The minimum atomic E-state index is 0.247. The Morgan fingerprint density at radius 1 is 1.15 bits per heavy atom. The van der Waals surface area contributed by atoms with Gasteiger partial charge in [0.1, 0.15) is 0 Å². The predicted octanol–water partition coefficient (Wildman–Crippen LogP) is 3.29. The molecule has 0 saturated heterocycles. The number of pyridine rings is 1. The van der Waals surface area contributed by atoms with Gasteiger partial charge in [-0.3, -0.25) is 4.98 Å². The smallest absolute Gasteiger partial charge is 0.172 e. The van der Waals surface area contributed by atoms with Crippen molar-refractivity contribution in [3.63, 3.8) is 0 Å². The molecule has 1 aromatic carbocycles. The van der Waals surface area contributed by atoms with Crippen molar-refractivity contribution in [3.8, 4) is 6.07 Å². The van der Waals surface area contributed by atoms with Crippen LogP contribution in [0.4, 0.5) is 11.5 Å². The number of hydrogen-bond acceptors (Lipinski definition) is 5. The molecule has 2 heterocycles. The second kappa shape index (κ2) is 5.11. The average Bonchev–Trinajstić information content (AvgIpc) is 2.48. The van der Waals surface area contributed by atoms with E-state index in [1.54, 1.807) is 30.6 Å². The zero-order chi connectivity index (χ0) is 13.9. The number of nitriles is 1. The second-order valence-electron chi connectivity index (χ2n) is 4.05. The van der Waals surface area contributed by atoms with Crippen LogP contribution in [0.5, 0.6) is 0 Å². The van der Waals surface area contributed by atoms with Crippen LogP contribution in [0.2, 0.25) is 5.15 Å². The van der Waals surface area contributed by atoms with Gasteiger partial charge in [-0.1, -0.05) is 11.6 Å². The molecule has 0 fully saturated rings. The van der Waals surface area contributed by atoms with Crippen LogP contribution in [0, 0.1) is 11.3 Å². The first-order valence-corrected chi connectivity index (χ1v) is 6.18. The molecule has 6 heteroatoms. The van der Waals surface area contributed by atoms with Crippen LogP contribution in [0.25, 0.3) is 11.0 Å². The quantitative estimate of drug-likeness (QED) is 0.780. The number of anilines is 2. The fourth-order valence-electron chi connectivity index (χ4n) is 1.76. The molecule has 1 N–H and O–H groups in total. The molecule has 0 aliphatic carbocycles. The van der Waals surface area contributed by atoms with E-state index < -0.39 is 0 Å². The van der Waals surface area contributed by atoms with Gasteiger partial charge in [-0.05, 0) is 30.3 Å². The van der Waals surface area contributed by atoms with Gasteiger partial charge in [-0.2, -0.15) is 5.26 Å². The third-order valence-corrected chi connectivity index (χ3v) is 2.94. The number of nitrogens with zero attached hydrogens (tertiary/aromatic N) is 4. The lowest BCUT2D eigenvalue weighted by Crippen LogP contribution is -1.97. The maximum atomic E-state index is 8.87. The van der Waals surface area contributed by atoms with Crippen LogP contribution in [-0.4, -0.2) is 15.0 Å². The molecule has 0 radical (unpaired) electrons. The summed E-state index contributed by atoms with van der Waals surface area (Å²) in [5.74, 6) is 0.455. The van der Waals surface area contributed by atoms with Crippen molar-refractivity contribution in [2.45, 2.75) is 0 Å². The summed E-state index contributed by atoms with van der Waals surface area (Å²) in [4.78, 5) is 12.7. The Morgan fingerprint density at radius 3 is 2.80 bits per heavy atom. The molecular formula is C14H8ClN5. The van der Waals surface area contributed by atoms with Crippen molar-refractivity contribution >= 4 is 34.1 Å². The zero-order valence-corrected chi connectivity index (χ0v) is 11.0. The number of aromatic nitrogens is 3. The van der Waals surface area contributed by atoms with Crippen LogP contribution in [-0.2, 0) is 0 Å². The van der Waals surface area contributed by atoms with Gasteiger partial charge >= 0.3 is 0 Å². The minimum absolute atomic E-state index is 0.247. The third-order valence-electron chi connectivity index (χ3n) is 2.68. The summed E-state index contributed by atoms with van der Waals surface area (Å²) in [7, 11) is 0. The number of rotatable bonds is 2. The maximum Gasteiger partial charge on any atom is 0.172 e. The van der Waals surface area contributed by atoms with E-state index in [0.717, 1.165) is 5.69 Å². The lowest BCUT2D eigenvalue weighted by atomic mass is 10.2. The fourth-order valence-corrected chi connectivity index (χ4v) is 1.94. The van der Waals surface area contributed by atoms with Gasteiger partial charge in [-0.15, -0.1) is 0 Å². The van der Waals surface area contributed by atoms with E-state index in [9.17, 15) is 0 Å². The van der Waals surface area contributed by atoms with Crippen molar-refractivity contribution in [2.24, 2.45) is 0 Å². The molecule has 0 atom stereocenters. The molecule has 3 rings (SSSR count). The molecule has 0 saturated carbocycles. The molecule has 96 valence electrons. The number of halogens is 1. The van der Waals surface area contributed by atoms with Gasteiger partial charge in [0.25, 0.3) is 0 Å². The largest absolute Gasteiger partial charge is 0.336 e. The van der Waals surface area contributed by atoms with Crippen LogP contribution in [0.3, 0.4) is 0 Å². The summed E-state index contributed by atoms with van der Waals surface area (Å²) in [6, 6.07) is 10.8. The molecular weight excluding hydrogens is 274 g/mol. The van der Waals surface area contributed by atoms with Gasteiger partial charge in [0.2, 0.25) is 0 Å². The standard InChI is InChI=1S/C14H8ClN5/c15-13-14(18-10-2-1-5-17-8-10)20-11-4-3-9(7-16)6-12(11)19-13/h1-6,8H,(H,18,20). The molecule has 0 aliphatic rings. The first kappa shape index (κ1) is 12.3. The Morgan fingerprint density at radius 2 is 2.05 bits per heavy atom. The van der Waals surface area contributed by atoms with Gasteiger partial charge in [-0.25, -0.2) is 9.97 Å². The number of fused-ring (bicyclic) bond motifs is 1. The average molecular weight is 282 g/mol. The molecule has 2 aromatic heterocycles. The Hall–Kier alpha value is -2.71. The SMILES string of the molecule is N#Cc1ccc2nc(Nc3cccnc3)c(Cl)nc2c1. The molecule has 0 bridgehead atoms. The maximum absolute atomic E-state index is 8.87. The minimum Gasteiger partial charge on any atom is -0.336 e. The Bertz CT molecular complexity index is 811. The molecule has 0 amide bonds. The van der Waals surface area contributed by atoms with Crippen molar-refractivity contribution in [1.82, 2.24) is 15.0 Å². The number of hydrogen-bond donors (Lipinski definition) is 1. The molecule has 0 spiro atoms. The predicted molar refractivity (Wildman–Crippen MR) is 76.8 cm³/mol. The van der Waals surface area contributed by atoms with E-state index in [1.807, 2.05) is 12.1 Å². The lowest BCUT2D eigenvalue weighted by Gasteiger charge is -2.07.